The minimum atomic E-state index is -0.561. The second-order valence-corrected chi connectivity index (χ2v) is 6.68. The Balaban J connectivity index is 1.63. The van der Waals surface area contributed by atoms with Gasteiger partial charge in [-0.05, 0) is 65.2 Å². The van der Waals surface area contributed by atoms with E-state index in [1.807, 2.05) is 0 Å². The van der Waals surface area contributed by atoms with Gasteiger partial charge in [0.25, 0.3) is 11.6 Å². The van der Waals surface area contributed by atoms with Crippen molar-refractivity contribution in [3.8, 4) is 0 Å². The quantitative estimate of drug-likeness (QED) is 0.504. The minimum absolute atomic E-state index is 0.172. The molecule has 2 aromatic carbocycles. The van der Waals surface area contributed by atoms with E-state index < -0.39 is 10.8 Å². The number of urea groups is 1. The number of carbonyl (C=O) groups excluding carboxylic acids is 2. The van der Waals surface area contributed by atoms with Crippen molar-refractivity contribution in [1.29, 1.82) is 0 Å². The maximum absolute atomic E-state index is 12.3. The normalized spacial score (nSPS) is 13.0. The number of hydrogen-bond donors (Lipinski definition) is 3. The van der Waals surface area contributed by atoms with Crippen LogP contribution in [0.3, 0.4) is 0 Å². The number of carbonyl (C=O) groups is 2. The van der Waals surface area contributed by atoms with Gasteiger partial charge in [-0.1, -0.05) is 0 Å². The molecule has 0 heterocycles. The second-order valence-electron chi connectivity index (χ2n) is 5.83. The molecule has 134 valence electrons. The van der Waals surface area contributed by atoms with Gasteiger partial charge in [0, 0.05) is 29.0 Å². The van der Waals surface area contributed by atoms with Gasteiger partial charge in [-0.3, -0.25) is 14.9 Å². The van der Waals surface area contributed by atoms with Crippen LogP contribution in [-0.2, 0) is 0 Å². The van der Waals surface area contributed by atoms with Gasteiger partial charge in [0.2, 0.25) is 0 Å². The first-order valence-corrected chi connectivity index (χ1v) is 8.64. The van der Waals surface area contributed by atoms with Crippen LogP contribution < -0.4 is 16.0 Å². The number of amides is 3. The van der Waals surface area contributed by atoms with Crippen LogP contribution >= 0.6 is 15.9 Å². The van der Waals surface area contributed by atoms with Crippen LogP contribution in [0.25, 0.3) is 0 Å². The highest BCUT2D eigenvalue weighted by Crippen LogP contribution is 2.26. The molecule has 0 aromatic heterocycles. The summed E-state index contributed by atoms with van der Waals surface area (Å²) in [7, 11) is 0. The molecule has 1 aliphatic rings. The zero-order chi connectivity index (χ0) is 18.7. The van der Waals surface area contributed by atoms with Crippen molar-refractivity contribution in [2.24, 2.45) is 0 Å². The van der Waals surface area contributed by atoms with Gasteiger partial charge in [-0.2, -0.15) is 0 Å². The first-order valence-electron chi connectivity index (χ1n) is 7.85. The van der Waals surface area contributed by atoms with Gasteiger partial charge in [0.1, 0.15) is 0 Å². The molecule has 26 heavy (non-hydrogen) atoms. The number of nitro groups is 1. The Labute approximate surface area is 157 Å². The molecule has 0 bridgehead atoms. The zero-order valence-electron chi connectivity index (χ0n) is 13.5. The Bertz CT molecular complexity index is 866. The highest BCUT2D eigenvalue weighted by atomic mass is 79.9. The van der Waals surface area contributed by atoms with Gasteiger partial charge >= 0.3 is 6.03 Å². The van der Waals surface area contributed by atoms with E-state index >= 15 is 0 Å². The van der Waals surface area contributed by atoms with E-state index in [9.17, 15) is 19.7 Å². The molecule has 3 N–H and O–H groups in total. The van der Waals surface area contributed by atoms with Crippen molar-refractivity contribution in [2.45, 2.75) is 18.9 Å². The number of rotatable bonds is 5. The molecule has 0 radical (unpaired) electrons. The topological polar surface area (TPSA) is 113 Å². The first-order chi connectivity index (χ1) is 12.4. The van der Waals surface area contributed by atoms with Crippen LogP contribution in [0.2, 0.25) is 0 Å². The minimum Gasteiger partial charge on any atom is -0.335 e. The van der Waals surface area contributed by atoms with E-state index in [2.05, 4.69) is 31.9 Å². The van der Waals surface area contributed by atoms with E-state index in [-0.39, 0.29) is 23.3 Å². The van der Waals surface area contributed by atoms with Crippen molar-refractivity contribution >= 4 is 44.9 Å². The fourth-order valence-corrected chi connectivity index (χ4v) is 2.61. The Morgan fingerprint density at radius 1 is 1.04 bits per heavy atom. The smallest absolute Gasteiger partial charge is 0.319 e. The van der Waals surface area contributed by atoms with Gasteiger partial charge in [0.05, 0.1) is 9.40 Å². The first kappa shape index (κ1) is 17.9. The summed E-state index contributed by atoms with van der Waals surface area (Å²) in [4.78, 5) is 34.3. The average Bonchev–Trinajstić information content (AvgIpc) is 3.40. The van der Waals surface area contributed by atoms with Crippen molar-refractivity contribution in [2.75, 3.05) is 10.6 Å². The van der Waals surface area contributed by atoms with Gasteiger partial charge in [-0.25, -0.2) is 4.79 Å². The van der Waals surface area contributed by atoms with E-state index in [1.165, 1.54) is 18.2 Å². The van der Waals surface area contributed by atoms with Crippen LogP contribution in [0.5, 0.6) is 0 Å². The largest absolute Gasteiger partial charge is 0.335 e. The number of anilines is 2. The lowest BCUT2D eigenvalue weighted by Gasteiger charge is -2.09. The van der Waals surface area contributed by atoms with Gasteiger partial charge in [0.15, 0.2) is 0 Å². The molecule has 2 aromatic rings. The fraction of sp³-hybridized carbons (Fsp3) is 0.176. The predicted molar refractivity (Wildman–Crippen MR) is 100 cm³/mol. The standard InChI is InChI=1S/C17H15BrN4O4/c18-14-8-1-10(9-15(14)22(25)26)16(23)19-11-2-4-12(5-3-11)20-17(24)21-13-6-7-13/h1-5,8-9,13H,6-7H2,(H,19,23)(H2,20,21,24). The highest BCUT2D eigenvalue weighted by molar-refractivity contribution is 9.10. The molecule has 3 rings (SSSR count). The highest BCUT2D eigenvalue weighted by Gasteiger charge is 2.23. The average molecular weight is 419 g/mol. The molecule has 8 nitrogen and oxygen atoms in total. The van der Waals surface area contributed by atoms with E-state index in [4.69, 9.17) is 0 Å². The monoisotopic (exact) mass is 418 g/mol. The summed E-state index contributed by atoms with van der Waals surface area (Å²) in [5.41, 5.74) is 1.10. The third-order valence-electron chi connectivity index (χ3n) is 3.72. The summed E-state index contributed by atoms with van der Waals surface area (Å²) in [5, 5.41) is 19.1. The summed E-state index contributed by atoms with van der Waals surface area (Å²) in [6.07, 6.45) is 2.01. The van der Waals surface area contributed by atoms with Crippen LogP contribution in [0.1, 0.15) is 23.2 Å². The lowest BCUT2D eigenvalue weighted by atomic mass is 10.2. The van der Waals surface area contributed by atoms with E-state index in [0.717, 1.165) is 12.8 Å². The SMILES string of the molecule is O=C(Nc1ccc(NC(=O)c2ccc(Br)c([N+](=O)[O-])c2)cc1)NC1CC1. The van der Waals surface area contributed by atoms with Crippen LogP contribution in [-0.4, -0.2) is 22.9 Å². The van der Waals surface area contributed by atoms with Crippen LogP contribution in [0.15, 0.2) is 46.9 Å². The molecule has 9 heteroatoms. The predicted octanol–water partition coefficient (Wildman–Crippen LogP) is 3.89. The summed E-state index contributed by atoms with van der Waals surface area (Å²) in [5.74, 6) is -0.465. The van der Waals surface area contributed by atoms with Crippen molar-refractivity contribution in [3.63, 3.8) is 0 Å². The molecule has 0 aliphatic heterocycles. The van der Waals surface area contributed by atoms with Crippen LogP contribution in [0, 0.1) is 10.1 Å². The maximum Gasteiger partial charge on any atom is 0.319 e. The van der Waals surface area contributed by atoms with Crippen molar-refractivity contribution in [3.05, 3.63) is 62.6 Å². The summed E-state index contributed by atoms with van der Waals surface area (Å²) >= 11 is 3.08. The molecule has 0 atom stereocenters. The Morgan fingerprint density at radius 3 is 2.23 bits per heavy atom. The zero-order valence-corrected chi connectivity index (χ0v) is 15.1. The summed E-state index contributed by atoms with van der Waals surface area (Å²) in [6, 6.07) is 10.8. The number of hydrogen-bond acceptors (Lipinski definition) is 4. The van der Waals surface area contributed by atoms with Crippen LogP contribution in [0.4, 0.5) is 21.9 Å². The number of nitrogens with one attached hydrogen (secondary N) is 3. The maximum atomic E-state index is 12.3. The lowest BCUT2D eigenvalue weighted by molar-refractivity contribution is -0.385. The third kappa shape index (κ3) is 4.57. The fourth-order valence-electron chi connectivity index (χ4n) is 2.21. The Kier molecular flexibility index (Phi) is 5.17. The molecule has 0 spiro atoms. The van der Waals surface area contributed by atoms with E-state index in [1.54, 1.807) is 24.3 Å². The lowest BCUT2D eigenvalue weighted by Crippen LogP contribution is -2.30. The van der Waals surface area contributed by atoms with E-state index in [0.29, 0.717) is 15.8 Å². The Hall–Kier alpha value is -2.94. The summed E-state index contributed by atoms with van der Waals surface area (Å²) in [6.45, 7) is 0. The molecular formula is C17H15BrN4O4. The summed E-state index contributed by atoms with van der Waals surface area (Å²) < 4.78 is 0.305. The van der Waals surface area contributed by atoms with Crippen molar-refractivity contribution < 1.29 is 14.5 Å². The second kappa shape index (κ2) is 7.52. The number of nitro benzene ring substituents is 1. The molecule has 0 saturated heterocycles. The molecular weight excluding hydrogens is 404 g/mol. The number of benzene rings is 2. The van der Waals surface area contributed by atoms with Crippen molar-refractivity contribution in [1.82, 2.24) is 5.32 Å². The van der Waals surface area contributed by atoms with Gasteiger partial charge in [-0.15, -0.1) is 0 Å². The molecule has 0 unspecified atom stereocenters. The molecule has 1 saturated carbocycles. The van der Waals surface area contributed by atoms with Gasteiger partial charge < -0.3 is 16.0 Å². The number of halogens is 1. The molecule has 1 aliphatic carbocycles. The Morgan fingerprint density at radius 2 is 1.65 bits per heavy atom. The molecule has 3 amide bonds. The number of nitrogens with zero attached hydrogens (tertiary/aromatic N) is 1. The third-order valence-corrected chi connectivity index (χ3v) is 4.39. The molecule has 1 fully saturated rings.